The molecular formula is C17H13ClF3NO3. The predicted octanol–water partition coefficient (Wildman–Crippen LogP) is 3.58. The Kier molecular flexibility index (Phi) is 3.09. The molecule has 0 N–H and O–H groups in total. The fraction of sp³-hybridized carbons (Fsp3) is 0.412. The molecule has 3 aliphatic rings. The van der Waals surface area contributed by atoms with Gasteiger partial charge in [0, 0.05) is 0 Å². The lowest BCUT2D eigenvalue weighted by atomic mass is 9.73. The number of imide groups is 1. The number of anilines is 1. The van der Waals surface area contributed by atoms with Crippen molar-refractivity contribution in [2.45, 2.75) is 31.2 Å². The van der Waals surface area contributed by atoms with E-state index in [4.69, 9.17) is 16.3 Å². The van der Waals surface area contributed by atoms with Crippen molar-refractivity contribution in [1.29, 1.82) is 0 Å². The molecule has 4 nitrogen and oxygen atoms in total. The van der Waals surface area contributed by atoms with Gasteiger partial charge in [-0.15, -0.1) is 0 Å². The molecule has 4 atom stereocenters. The molecule has 1 aromatic carbocycles. The standard InChI is InChI=1S/C17H13ClF3NO3/c1-15-5-6-16(2,25-15)12-11(15)13(23)22(14(12)24)8-3-4-10(18)9(7-8)17(19,20)21/h3-7,11-12H,1-2H3/t11-,12+,15-,16-/m0/s1. The zero-order valence-electron chi connectivity index (χ0n) is 13.2. The lowest BCUT2D eigenvalue weighted by molar-refractivity contribution is -0.137. The molecule has 0 saturated carbocycles. The number of ether oxygens (including phenoxy) is 1. The third kappa shape index (κ3) is 2.05. The second-order valence-corrected chi connectivity index (χ2v) is 7.34. The minimum absolute atomic E-state index is 0.132. The summed E-state index contributed by atoms with van der Waals surface area (Å²) < 4.78 is 45.1. The van der Waals surface area contributed by atoms with E-state index in [-0.39, 0.29) is 5.69 Å². The number of fused-ring (bicyclic) bond motifs is 5. The molecule has 1 aromatic rings. The lowest BCUT2D eigenvalue weighted by Crippen LogP contribution is -2.39. The summed E-state index contributed by atoms with van der Waals surface area (Å²) in [5.74, 6) is -2.61. The molecule has 2 saturated heterocycles. The van der Waals surface area contributed by atoms with Crippen LogP contribution in [0.4, 0.5) is 18.9 Å². The van der Waals surface area contributed by atoms with E-state index < -0.39 is 51.6 Å². The quantitative estimate of drug-likeness (QED) is 0.560. The topological polar surface area (TPSA) is 46.6 Å². The average Bonchev–Trinajstić information content (AvgIpc) is 3.04. The van der Waals surface area contributed by atoms with Gasteiger partial charge in [-0.1, -0.05) is 23.8 Å². The number of carbonyl (C=O) groups excluding carboxylic acids is 2. The van der Waals surface area contributed by atoms with Crippen LogP contribution in [0.5, 0.6) is 0 Å². The molecule has 2 fully saturated rings. The Morgan fingerprint density at radius 1 is 1.08 bits per heavy atom. The van der Waals surface area contributed by atoms with Crippen LogP contribution in [0.25, 0.3) is 0 Å². The molecule has 0 radical (unpaired) electrons. The van der Waals surface area contributed by atoms with Crippen LogP contribution in [-0.4, -0.2) is 23.0 Å². The Morgan fingerprint density at radius 3 is 2.08 bits per heavy atom. The van der Waals surface area contributed by atoms with Gasteiger partial charge in [0.05, 0.1) is 39.3 Å². The Bertz CT molecular complexity index is 816. The van der Waals surface area contributed by atoms with Crippen LogP contribution in [0.15, 0.2) is 30.4 Å². The first-order valence-corrected chi connectivity index (χ1v) is 8.01. The zero-order chi connectivity index (χ0) is 18.4. The largest absolute Gasteiger partial charge is 0.417 e. The SMILES string of the molecule is C[C@@]12C=C[C@](C)(O1)[C@H]1C(=O)N(c3ccc(Cl)c(C(F)(F)F)c3)C(=O)[C@H]12. The highest BCUT2D eigenvalue weighted by Gasteiger charge is 2.70. The van der Waals surface area contributed by atoms with Crippen LogP contribution < -0.4 is 4.90 Å². The van der Waals surface area contributed by atoms with Crippen LogP contribution in [0.2, 0.25) is 5.02 Å². The number of hydrogen-bond donors (Lipinski definition) is 0. The highest BCUT2D eigenvalue weighted by Crippen LogP contribution is 2.57. The number of nitrogens with zero attached hydrogens (tertiary/aromatic N) is 1. The number of benzene rings is 1. The van der Waals surface area contributed by atoms with Gasteiger partial charge in [0.1, 0.15) is 0 Å². The van der Waals surface area contributed by atoms with Crippen LogP contribution in [0.3, 0.4) is 0 Å². The maximum absolute atomic E-state index is 13.1. The molecule has 132 valence electrons. The predicted molar refractivity (Wildman–Crippen MR) is 83.0 cm³/mol. The van der Waals surface area contributed by atoms with Gasteiger partial charge >= 0.3 is 6.18 Å². The normalized spacial score (nSPS) is 36.5. The second-order valence-electron chi connectivity index (χ2n) is 6.93. The first-order valence-electron chi connectivity index (χ1n) is 7.63. The van der Waals surface area contributed by atoms with Crippen molar-refractivity contribution in [3.8, 4) is 0 Å². The Balaban J connectivity index is 1.80. The number of alkyl halides is 3. The maximum Gasteiger partial charge on any atom is 0.417 e. The van der Waals surface area contributed by atoms with Crippen LogP contribution in [0.1, 0.15) is 19.4 Å². The van der Waals surface area contributed by atoms with Gasteiger partial charge in [-0.05, 0) is 32.0 Å². The van der Waals surface area contributed by atoms with Crippen LogP contribution in [-0.2, 0) is 20.5 Å². The first kappa shape index (κ1) is 16.6. The summed E-state index contributed by atoms with van der Waals surface area (Å²) in [5, 5.41) is -0.487. The van der Waals surface area contributed by atoms with Crippen LogP contribution in [0, 0.1) is 11.8 Å². The summed E-state index contributed by atoms with van der Waals surface area (Å²) in [5.41, 5.74) is -3.08. The summed E-state index contributed by atoms with van der Waals surface area (Å²) >= 11 is 5.62. The molecule has 0 spiro atoms. The van der Waals surface area contributed by atoms with Crippen molar-refractivity contribution in [2.75, 3.05) is 4.90 Å². The smallest absolute Gasteiger partial charge is 0.359 e. The van der Waals surface area contributed by atoms with Gasteiger partial charge in [-0.2, -0.15) is 13.2 Å². The molecule has 3 aliphatic heterocycles. The third-order valence-electron chi connectivity index (χ3n) is 5.24. The molecule has 2 amide bonds. The zero-order valence-corrected chi connectivity index (χ0v) is 14.0. The maximum atomic E-state index is 13.1. The summed E-state index contributed by atoms with van der Waals surface area (Å²) in [6.45, 7) is 3.41. The van der Waals surface area contributed by atoms with Crippen molar-refractivity contribution in [3.63, 3.8) is 0 Å². The van der Waals surface area contributed by atoms with Gasteiger partial charge in [0.25, 0.3) is 0 Å². The number of halogens is 4. The highest BCUT2D eigenvalue weighted by atomic mass is 35.5. The molecule has 3 heterocycles. The molecule has 0 aliphatic carbocycles. The van der Waals surface area contributed by atoms with Gasteiger partial charge < -0.3 is 4.74 Å². The average molecular weight is 372 g/mol. The number of rotatable bonds is 1. The Hall–Kier alpha value is -1.86. The first-order chi connectivity index (χ1) is 11.5. The molecular weight excluding hydrogens is 359 g/mol. The summed E-state index contributed by atoms with van der Waals surface area (Å²) in [6, 6.07) is 3.02. The fourth-order valence-corrected chi connectivity index (χ4v) is 4.38. The van der Waals surface area contributed by atoms with Gasteiger partial charge in [-0.25, -0.2) is 4.90 Å². The van der Waals surface area contributed by atoms with Crippen LogP contribution >= 0.6 is 11.6 Å². The van der Waals surface area contributed by atoms with Crippen molar-refractivity contribution < 1.29 is 27.5 Å². The van der Waals surface area contributed by atoms with E-state index in [0.717, 1.165) is 17.0 Å². The van der Waals surface area contributed by atoms with E-state index in [1.54, 1.807) is 26.0 Å². The van der Waals surface area contributed by atoms with E-state index in [1.807, 2.05) is 0 Å². The summed E-state index contributed by atoms with van der Waals surface area (Å²) in [4.78, 5) is 26.5. The fourth-order valence-electron chi connectivity index (χ4n) is 4.16. The van der Waals surface area contributed by atoms with Gasteiger partial charge in [0.15, 0.2) is 0 Å². The molecule has 4 rings (SSSR count). The monoisotopic (exact) mass is 371 g/mol. The molecule has 0 aromatic heterocycles. The van der Waals surface area contributed by atoms with E-state index in [0.29, 0.717) is 0 Å². The second kappa shape index (κ2) is 4.65. The van der Waals surface area contributed by atoms with E-state index in [9.17, 15) is 22.8 Å². The minimum Gasteiger partial charge on any atom is -0.359 e. The number of carbonyl (C=O) groups is 2. The highest BCUT2D eigenvalue weighted by molar-refractivity contribution is 6.31. The Labute approximate surface area is 146 Å². The van der Waals surface area contributed by atoms with Crippen molar-refractivity contribution in [3.05, 3.63) is 40.9 Å². The Morgan fingerprint density at radius 2 is 1.60 bits per heavy atom. The van der Waals surface area contributed by atoms with Crippen molar-refractivity contribution in [1.82, 2.24) is 0 Å². The molecule has 0 unspecified atom stereocenters. The summed E-state index contributed by atoms with van der Waals surface area (Å²) in [6.07, 6.45) is -1.20. The molecule has 2 bridgehead atoms. The van der Waals surface area contributed by atoms with E-state index >= 15 is 0 Å². The summed E-state index contributed by atoms with van der Waals surface area (Å²) in [7, 11) is 0. The van der Waals surface area contributed by atoms with Crippen molar-refractivity contribution in [2.24, 2.45) is 11.8 Å². The number of amides is 2. The van der Waals surface area contributed by atoms with E-state index in [1.165, 1.54) is 6.07 Å². The lowest BCUT2D eigenvalue weighted by Gasteiger charge is -2.25. The number of hydrogen-bond acceptors (Lipinski definition) is 3. The molecule has 25 heavy (non-hydrogen) atoms. The van der Waals surface area contributed by atoms with E-state index in [2.05, 4.69) is 0 Å². The van der Waals surface area contributed by atoms with Gasteiger partial charge in [0.2, 0.25) is 11.8 Å². The third-order valence-corrected chi connectivity index (χ3v) is 5.57. The molecule has 8 heteroatoms. The van der Waals surface area contributed by atoms with Gasteiger partial charge in [-0.3, -0.25) is 9.59 Å². The van der Waals surface area contributed by atoms with Crippen molar-refractivity contribution >= 4 is 29.1 Å². The minimum atomic E-state index is -4.68.